The molecule has 1 amide bonds. The lowest BCUT2D eigenvalue weighted by molar-refractivity contribution is -0.137. The van der Waals surface area contributed by atoms with E-state index >= 15 is 0 Å². The first-order chi connectivity index (χ1) is 18.3. The van der Waals surface area contributed by atoms with Crippen LogP contribution in [0.15, 0.2) is 79.3 Å². The van der Waals surface area contributed by atoms with Crippen LogP contribution in [0.4, 0.5) is 18.0 Å². The number of carbonyl (C=O) groups is 1. The molecule has 9 nitrogen and oxygen atoms in total. The molecule has 0 N–H and O–H groups in total. The van der Waals surface area contributed by atoms with Crippen LogP contribution in [-0.2, 0) is 6.18 Å². The number of amides is 1. The van der Waals surface area contributed by atoms with E-state index in [0.717, 1.165) is 17.8 Å². The van der Waals surface area contributed by atoms with Crippen molar-refractivity contribution >= 4 is 6.09 Å². The van der Waals surface area contributed by atoms with E-state index in [1.807, 2.05) is 24.3 Å². The van der Waals surface area contributed by atoms with Crippen LogP contribution in [0, 0.1) is 0 Å². The number of alkyl halides is 3. The first-order valence-corrected chi connectivity index (χ1v) is 11.8. The van der Waals surface area contributed by atoms with Gasteiger partial charge >= 0.3 is 12.3 Å². The molecule has 196 valence electrons. The Labute approximate surface area is 215 Å². The van der Waals surface area contributed by atoms with Crippen molar-refractivity contribution in [3.63, 3.8) is 0 Å². The molecule has 0 unspecified atom stereocenters. The highest BCUT2D eigenvalue weighted by Gasteiger charge is 2.31. The highest BCUT2D eigenvalue weighted by Crippen LogP contribution is 2.30. The van der Waals surface area contributed by atoms with Crippen LogP contribution >= 0.6 is 0 Å². The Morgan fingerprint density at radius 1 is 0.895 bits per heavy atom. The molecule has 12 heteroatoms. The summed E-state index contributed by atoms with van der Waals surface area (Å²) in [5.74, 6) is 0.649. The Balaban J connectivity index is 1.08. The SMILES string of the molecule is O=C(Oc1ccc(Oc2ccc(C(F)(F)F)cn2)cc1)N1CCC(On2ccc(-c3ccccn3)n2)CC1. The number of hydrogen-bond acceptors (Lipinski definition) is 7. The van der Waals surface area contributed by atoms with E-state index in [1.165, 1.54) is 29.1 Å². The number of aromatic nitrogens is 4. The van der Waals surface area contributed by atoms with E-state index in [0.29, 0.717) is 49.3 Å². The normalized spacial score (nSPS) is 14.2. The predicted octanol–water partition coefficient (Wildman–Crippen LogP) is 5.24. The van der Waals surface area contributed by atoms with Gasteiger partial charge < -0.3 is 19.2 Å². The second-order valence-corrected chi connectivity index (χ2v) is 8.43. The van der Waals surface area contributed by atoms with Gasteiger partial charge in [0.15, 0.2) is 0 Å². The summed E-state index contributed by atoms with van der Waals surface area (Å²) in [7, 11) is 0. The van der Waals surface area contributed by atoms with Crippen LogP contribution < -0.4 is 14.3 Å². The summed E-state index contributed by atoms with van der Waals surface area (Å²) in [4.78, 5) is 29.5. The van der Waals surface area contributed by atoms with Gasteiger partial charge in [0, 0.05) is 44.4 Å². The maximum atomic E-state index is 12.7. The predicted molar refractivity (Wildman–Crippen MR) is 128 cm³/mol. The van der Waals surface area contributed by atoms with Crippen molar-refractivity contribution in [3.8, 4) is 28.8 Å². The molecule has 5 rings (SSSR count). The van der Waals surface area contributed by atoms with Crippen molar-refractivity contribution in [1.29, 1.82) is 0 Å². The van der Waals surface area contributed by atoms with Gasteiger partial charge in [-0.1, -0.05) is 6.07 Å². The molecule has 4 aromatic rings. The number of carbonyl (C=O) groups excluding carboxylic acids is 1. The van der Waals surface area contributed by atoms with Crippen LogP contribution in [0.1, 0.15) is 18.4 Å². The van der Waals surface area contributed by atoms with Crippen molar-refractivity contribution in [2.45, 2.75) is 25.1 Å². The highest BCUT2D eigenvalue weighted by molar-refractivity contribution is 5.70. The summed E-state index contributed by atoms with van der Waals surface area (Å²) in [6.45, 7) is 0.914. The van der Waals surface area contributed by atoms with Gasteiger partial charge in [0.2, 0.25) is 5.88 Å². The van der Waals surface area contributed by atoms with Crippen molar-refractivity contribution in [2.24, 2.45) is 0 Å². The summed E-state index contributed by atoms with van der Waals surface area (Å²) in [5.41, 5.74) is 0.598. The van der Waals surface area contributed by atoms with Crippen LogP contribution in [0.2, 0.25) is 0 Å². The molecule has 1 saturated heterocycles. The molecule has 38 heavy (non-hydrogen) atoms. The zero-order valence-corrected chi connectivity index (χ0v) is 19.9. The lowest BCUT2D eigenvalue weighted by Crippen LogP contribution is -2.44. The molecule has 1 aliphatic rings. The Hall–Kier alpha value is -4.61. The molecule has 0 aliphatic carbocycles. The highest BCUT2D eigenvalue weighted by atomic mass is 19.4. The van der Waals surface area contributed by atoms with Gasteiger partial charge in [0.25, 0.3) is 0 Å². The number of likely N-dealkylation sites (tertiary alicyclic amines) is 1. The van der Waals surface area contributed by atoms with Crippen LogP contribution in [0.3, 0.4) is 0 Å². The second-order valence-electron chi connectivity index (χ2n) is 8.43. The van der Waals surface area contributed by atoms with Crippen LogP contribution in [0.5, 0.6) is 17.4 Å². The summed E-state index contributed by atoms with van der Waals surface area (Å²) in [5, 5.41) is 4.40. The number of piperidine rings is 1. The monoisotopic (exact) mass is 525 g/mol. The van der Waals surface area contributed by atoms with E-state index in [9.17, 15) is 18.0 Å². The van der Waals surface area contributed by atoms with Crippen molar-refractivity contribution in [2.75, 3.05) is 13.1 Å². The molecule has 0 saturated carbocycles. The average Bonchev–Trinajstić information content (AvgIpc) is 3.39. The molecule has 3 aromatic heterocycles. The lowest BCUT2D eigenvalue weighted by Gasteiger charge is -2.30. The molecule has 0 radical (unpaired) electrons. The second kappa shape index (κ2) is 10.8. The van der Waals surface area contributed by atoms with E-state index < -0.39 is 17.8 Å². The first kappa shape index (κ1) is 25.1. The Bertz CT molecular complexity index is 1350. The van der Waals surface area contributed by atoms with Gasteiger partial charge in [-0.05, 0) is 48.5 Å². The standard InChI is InChI=1S/C26H22F3N5O4/c27-26(28,29)18-4-9-24(31-17-18)36-19-5-7-20(8-6-19)37-25(35)33-14-10-21(11-15-33)38-34-16-12-23(32-34)22-3-1-2-13-30-22/h1-9,12-13,16-17,21H,10-11,14-15H2. The maximum Gasteiger partial charge on any atom is 0.417 e. The molecule has 1 fully saturated rings. The molecule has 0 bridgehead atoms. The summed E-state index contributed by atoms with van der Waals surface area (Å²) in [6.07, 6.45) is 0.293. The number of rotatable bonds is 6. The third-order valence-corrected chi connectivity index (χ3v) is 5.77. The fourth-order valence-electron chi connectivity index (χ4n) is 3.78. The quantitative estimate of drug-likeness (QED) is 0.340. The maximum absolute atomic E-state index is 12.7. The smallest absolute Gasteiger partial charge is 0.417 e. The number of pyridine rings is 2. The van der Waals surface area contributed by atoms with Gasteiger partial charge in [-0.15, -0.1) is 9.94 Å². The number of benzene rings is 1. The number of ether oxygens (including phenoxy) is 2. The van der Waals surface area contributed by atoms with Gasteiger partial charge in [-0.2, -0.15) is 13.2 Å². The van der Waals surface area contributed by atoms with Gasteiger partial charge in [-0.3, -0.25) is 4.98 Å². The molecule has 0 atom stereocenters. The summed E-state index contributed by atoms with van der Waals surface area (Å²) in [6, 6.07) is 15.6. The Morgan fingerprint density at radius 2 is 1.66 bits per heavy atom. The number of halogens is 3. The molecule has 0 spiro atoms. The molecule has 1 aromatic carbocycles. The van der Waals surface area contributed by atoms with Crippen molar-refractivity contribution in [1.82, 2.24) is 24.8 Å². The van der Waals surface area contributed by atoms with E-state index in [1.54, 1.807) is 17.3 Å². The third kappa shape index (κ3) is 6.20. The zero-order chi connectivity index (χ0) is 26.5. The van der Waals surface area contributed by atoms with E-state index in [-0.39, 0.29) is 12.0 Å². The fraction of sp³-hybridized carbons (Fsp3) is 0.231. The van der Waals surface area contributed by atoms with Crippen molar-refractivity contribution < 1.29 is 32.3 Å². The molecule has 1 aliphatic heterocycles. The lowest BCUT2D eigenvalue weighted by atomic mass is 10.1. The van der Waals surface area contributed by atoms with E-state index in [2.05, 4.69) is 15.1 Å². The van der Waals surface area contributed by atoms with Gasteiger partial charge in [0.05, 0.1) is 17.5 Å². The first-order valence-electron chi connectivity index (χ1n) is 11.8. The topological polar surface area (TPSA) is 91.6 Å². The van der Waals surface area contributed by atoms with Gasteiger partial charge in [-0.25, -0.2) is 9.78 Å². The van der Waals surface area contributed by atoms with E-state index in [4.69, 9.17) is 14.3 Å². The Kier molecular flexibility index (Phi) is 7.11. The zero-order valence-electron chi connectivity index (χ0n) is 19.9. The largest absolute Gasteiger partial charge is 0.439 e. The fourth-order valence-corrected chi connectivity index (χ4v) is 3.78. The minimum absolute atomic E-state index is 0.0101. The molecule has 4 heterocycles. The summed E-state index contributed by atoms with van der Waals surface area (Å²) < 4.78 is 48.9. The molecular weight excluding hydrogens is 503 g/mol. The summed E-state index contributed by atoms with van der Waals surface area (Å²) >= 11 is 0. The Morgan fingerprint density at radius 3 is 2.32 bits per heavy atom. The number of hydrogen-bond donors (Lipinski definition) is 0. The number of nitrogens with zero attached hydrogens (tertiary/aromatic N) is 5. The van der Waals surface area contributed by atoms with Crippen LogP contribution in [-0.4, -0.2) is 50.1 Å². The minimum atomic E-state index is -4.47. The molecular formula is C26H22F3N5O4. The van der Waals surface area contributed by atoms with Crippen LogP contribution in [0.25, 0.3) is 11.4 Å². The average molecular weight is 525 g/mol. The minimum Gasteiger partial charge on any atom is -0.439 e. The van der Waals surface area contributed by atoms with Gasteiger partial charge in [0.1, 0.15) is 23.3 Å². The third-order valence-electron chi connectivity index (χ3n) is 5.77. The van der Waals surface area contributed by atoms with Crippen molar-refractivity contribution in [3.05, 3.63) is 84.8 Å².